The van der Waals surface area contributed by atoms with Crippen LogP contribution in [-0.4, -0.2) is 22.5 Å². The number of hydrogen-bond acceptors (Lipinski definition) is 2. The highest BCUT2D eigenvalue weighted by atomic mass is 16.3. The van der Waals surface area contributed by atoms with E-state index in [0.29, 0.717) is 6.42 Å². The number of amides is 1. The maximum absolute atomic E-state index is 12.3. The fourth-order valence-corrected chi connectivity index (χ4v) is 2.89. The molecule has 24 heavy (non-hydrogen) atoms. The van der Waals surface area contributed by atoms with Gasteiger partial charge in [0.1, 0.15) is 0 Å². The predicted octanol–water partition coefficient (Wildman–Crippen LogP) is 3.20. The third kappa shape index (κ3) is 3.66. The molecule has 2 unspecified atom stereocenters. The Balaban J connectivity index is 1.57. The monoisotopic (exact) mass is 322 g/mol. The average molecular weight is 322 g/mol. The van der Waals surface area contributed by atoms with Gasteiger partial charge in [-0.3, -0.25) is 4.79 Å². The molecule has 0 saturated heterocycles. The lowest BCUT2D eigenvalue weighted by Gasteiger charge is -2.15. The van der Waals surface area contributed by atoms with Gasteiger partial charge in [0.25, 0.3) is 0 Å². The second kappa shape index (κ2) is 7.32. The van der Waals surface area contributed by atoms with E-state index in [2.05, 4.69) is 16.4 Å². The molecule has 0 spiro atoms. The maximum Gasteiger partial charge on any atom is 0.223 e. The molecular weight excluding hydrogens is 300 g/mol. The number of fused-ring (bicyclic) bond motifs is 1. The van der Waals surface area contributed by atoms with Crippen molar-refractivity contribution in [2.24, 2.45) is 5.92 Å². The fourth-order valence-electron chi connectivity index (χ4n) is 2.89. The van der Waals surface area contributed by atoms with E-state index in [1.165, 1.54) is 0 Å². The third-order valence-electron chi connectivity index (χ3n) is 4.30. The number of rotatable bonds is 6. The van der Waals surface area contributed by atoms with Crippen LogP contribution in [0.4, 0.5) is 0 Å². The van der Waals surface area contributed by atoms with Gasteiger partial charge in [-0.1, -0.05) is 55.5 Å². The second-order valence-corrected chi connectivity index (χ2v) is 6.14. The normalized spacial score (nSPS) is 13.6. The lowest BCUT2D eigenvalue weighted by molar-refractivity contribution is -0.124. The van der Waals surface area contributed by atoms with Gasteiger partial charge in [-0.15, -0.1) is 0 Å². The molecule has 0 aliphatic heterocycles. The lowest BCUT2D eigenvalue weighted by Crippen LogP contribution is -2.33. The number of carbonyl (C=O) groups excluding carboxylic acids is 1. The van der Waals surface area contributed by atoms with Crippen LogP contribution in [0.15, 0.2) is 60.8 Å². The van der Waals surface area contributed by atoms with E-state index in [1.54, 1.807) is 0 Å². The zero-order chi connectivity index (χ0) is 16.9. The molecule has 0 saturated carbocycles. The van der Waals surface area contributed by atoms with Crippen LogP contribution in [0.5, 0.6) is 0 Å². The van der Waals surface area contributed by atoms with Crippen molar-refractivity contribution in [1.82, 2.24) is 10.3 Å². The van der Waals surface area contributed by atoms with Gasteiger partial charge in [-0.2, -0.15) is 0 Å². The zero-order valence-electron chi connectivity index (χ0n) is 13.7. The smallest absolute Gasteiger partial charge is 0.223 e. The van der Waals surface area contributed by atoms with E-state index in [-0.39, 0.29) is 18.4 Å². The standard InChI is InChI=1S/C20H22N2O2/c1-14(11-16-12-21-18-10-6-5-9-17(16)18)20(24)22-13-19(23)15-7-3-2-4-8-15/h2-10,12,14,19,21,23H,11,13H2,1H3,(H,22,24). The number of H-pyrrole nitrogens is 1. The number of carbonyl (C=O) groups is 1. The quantitative estimate of drug-likeness (QED) is 0.652. The minimum Gasteiger partial charge on any atom is -0.387 e. The summed E-state index contributed by atoms with van der Waals surface area (Å²) in [6.45, 7) is 2.13. The number of nitrogens with one attached hydrogen (secondary N) is 2. The summed E-state index contributed by atoms with van der Waals surface area (Å²) in [5.41, 5.74) is 3.03. The van der Waals surface area contributed by atoms with Gasteiger partial charge in [-0.05, 0) is 23.6 Å². The largest absolute Gasteiger partial charge is 0.387 e. The average Bonchev–Trinajstić information content (AvgIpc) is 3.03. The summed E-state index contributed by atoms with van der Waals surface area (Å²) in [7, 11) is 0. The summed E-state index contributed by atoms with van der Waals surface area (Å²) in [5.74, 6) is -0.206. The predicted molar refractivity (Wildman–Crippen MR) is 95.6 cm³/mol. The van der Waals surface area contributed by atoms with Crippen molar-refractivity contribution in [3.05, 3.63) is 71.9 Å². The highest BCUT2D eigenvalue weighted by molar-refractivity contribution is 5.84. The molecule has 2 atom stereocenters. The molecule has 0 radical (unpaired) electrons. The van der Waals surface area contributed by atoms with Crippen LogP contribution in [0.25, 0.3) is 10.9 Å². The minimum absolute atomic E-state index is 0.0461. The first-order valence-corrected chi connectivity index (χ1v) is 8.21. The van der Waals surface area contributed by atoms with E-state index in [4.69, 9.17) is 0 Å². The molecule has 124 valence electrons. The molecule has 4 heteroatoms. The van der Waals surface area contributed by atoms with E-state index in [0.717, 1.165) is 22.0 Å². The van der Waals surface area contributed by atoms with E-state index >= 15 is 0 Å². The van der Waals surface area contributed by atoms with Crippen LogP contribution in [0, 0.1) is 5.92 Å². The Kier molecular flexibility index (Phi) is 4.96. The van der Waals surface area contributed by atoms with Gasteiger partial charge < -0.3 is 15.4 Å². The molecule has 0 fully saturated rings. The highest BCUT2D eigenvalue weighted by Gasteiger charge is 2.17. The van der Waals surface area contributed by atoms with Gasteiger partial charge in [0.2, 0.25) is 5.91 Å². The third-order valence-corrected chi connectivity index (χ3v) is 4.30. The Labute approximate surface area is 141 Å². The van der Waals surface area contributed by atoms with Crippen LogP contribution in [0.3, 0.4) is 0 Å². The Morgan fingerprint density at radius 1 is 1.12 bits per heavy atom. The van der Waals surface area contributed by atoms with Gasteiger partial charge in [0.05, 0.1) is 6.10 Å². The Hall–Kier alpha value is -2.59. The molecular formula is C20H22N2O2. The molecule has 3 aromatic rings. The van der Waals surface area contributed by atoms with Gasteiger partial charge >= 0.3 is 0 Å². The summed E-state index contributed by atoms with van der Waals surface area (Å²) in [5, 5.41) is 14.1. The van der Waals surface area contributed by atoms with Gasteiger partial charge in [0, 0.05) is 29.6 Å². The summed E-state index contributed by atoms with van der Waals surface area (Å²) in [6, 6.07) is 17.4. The van der Waals surface area contributed by atoms with Crippen molar-refractivity contribution >= 4 is 16.8 Å². The van der Waals surface area contributed by atoms with Crippen molar-refractivity contribution in [3.8, 4) is 0 Å². The van der Waals surface area contributed by atoms with Crippen LogP contribution in [0.1, 0.15) is 24.2 Å². The number of aromatic nitrogens is 1. The number of benzene rings is 2. The molecule has 3 rings (SSSR count). The summed E-state index contributed by atoms with van der Waals surface area (Å²) in [4.78, 5) is 15.5. The molecule has 1 amide bonds. The first-order chi connectivity index (χ1) is 11.6. The first kappa shape index (κ1) is 16.3. The Morgan fingerprint density at radius 2 is 1.83 bits per heavy atom. The van der Waals surface area contributed by atoms with Crippen LogP contribution in [-0.2, 0) is 11.2 Å². The molecule has 0 bridgehead atoms. The van der Waals surface area contributed by atoms with E-state index in [9.17, 15) is 9.90 Å². The summed E-state index contributed by atoms with van der Waals surface area (Å²) < 4.78 is 0. The van der Waals surface area contributed by atoms with E-state index in [1.807, 2.05) is 61.7 Å². The molecule has 1 heterocycles. The van der Waals surface area contributed by atoms with Crippen molar-refractivity contribution in [3.63, 3.8) is 0 Å². The van der Waals surface area contributed by atoms with Crippen molar-refractivity contribution in [2.45, 2.75) is 19.4 Å². The molecule has 1 aromatic heterocycles. The van der Waals surface area contributed by atoms with Gasteiger partial charge in [0.15, 0.2) is 0 Å². The van der Waals surface area contributed by atoms with Crippen molar-refractivity contribution < 1.29 is 9.90 Å². The van der Waals surface area contributed by atoms with Crippen molar-refractivity contribution in [1.29, 1.82) is 0 Å². The SMILES string of the molecule is CC(Cc1c[nH]c2ccccc12)C(=O)NCC(O)c1ccccc1. The van der Waals surface area contributed by atoms with Crippen LogP contribution in [0.2, 0.25) is 0 Å². The molecule has 0 aliphatic carbocycles. The summed E-state index contributed by atoms with van der Waals surface area (Å²) in [6.07, 6.45) is 1.94. The highest BCUT2D eigenvalue weighted by Crippen LogP contribution is 2.21. The zero-order valence-corrected chi connectivity index (χ0v) is 13.7. The fraction of sp³-hybridized carbons (Fsp3) is 0.250. The second-order valence-electron chi connectivity index (χ2n) is 6.14. The maximum atomic E-state index is 12.3. The van der Waals surface area contributed by atoms with Crippen molar-refractivity contribution in [2.75, 3.05) is 6.54 Å². The minimum atomic E-state index is -0.685. The van der Waals surface area contributed by atoms with E-state index < -0.39 is 6.10 Å². The Morgan fingerprint density at radius 3 is 2.62 bits per heavy atom. The number of para-hydroxylation sites is 1. The first-order valence-electron chi connectivity index (χ1n) is 8.21. The molecule has 3 N–H and O–H groups in total. The number of aromatic amines is 1. The van der Waals surface area contributed by atoms with Crippen LogP contribution >= 0.6 is 0 Å². The van der Waals surface area contributed by atoms with Crippen LogP contribution < -0.4 is 5.32 Å². The number of aliphatic hydroxyl groups is 1. The summed E-state index contributed by atoms with van der Waals surface area (Å²) >= 11 is 0. The topological polar surface area (TPSA) is 65.1 Å². The number of aliphatic hydroxyl groups excluding tert-OH is 1. The molecule has 2 aromatic carbocycles. The number of hydrogen-bond donors (Lipinski definition) is 3. The molecule has 4 nitrogen and oxygen atoms in total. The Bertz CT molecular complexity index is 811. The van der Waals surface area contributed by atoms with Gasteiger partial charge in [-0.25, -0.2) is 0 Å². The lowest BCUT2D eigenvalue weighted by atomic mass is 9.99. The molecule has 0 aliphatic rings.